The minimum absolute atomic E-state index is 0.596. The molecule has 0 radical (unpaired) electrons. The highest BCUT2D eigenvalue weighted by Crippen LogP contribution is 2.47. The zero-order chi connectivity index (χ0) is 14.4. The Morgan fingerprint density at radius 3 is 2.63 bits per heavy atom. The number of nitrogens with one attached hydrogen (secondary N) is 1. The number of aliphatic hydroxyl groups excluding tert-OH is 1. The second-order valence-electron chi connectivity index (χ2n) is 4.90. The molecule has 106 valence electrons. The van der Waals surface area contributed by atoms with Gasteiger partial charge in [-0.2, -0.15) is 0 Å². The van der Waals surface area contributed by atoms with Crippen molar-refractivity contribution in [1.29, 1.82) is 0 Å². The second kappa shape index (κ2) is 4.26. The van der Waals surface area contributed by atoms with Crippen molar-refractivity contribution in [2.24, 2.45) is 0 Å². The van der Waals surface area contributed by atoms with Crippen LogP contribution in [0.3, 0.4) is 0 Å². The Morgan fingerprint density at radius 1 is 1.53 bits per heavy atom. The Kier molecular flexibility index (Phi) is 3.12. The number of rotatable bonds is 2. The van der Waals surface area contributed by atoms with Gasteiger partial charge in [0.15, 0.2) is 11.9 Å². The molecule has 0 amide bonds. The van der Waals surface area contributed by atoms with Gasteiger partial charge in [-0.1, -0.05) is 0 Å². The van der Waals surface area contributed by atoms with Gasteiger partial charge in [0.25, 0.3) is 5.56 Å². The highest BCUT2D eigenvalue weighted by atomic mass is 19.1. The molecule has 1 aliphatic rings. The Morgan fingerprint density at radius 2 is 2.16 bits per heavy atom. The monoisotopic (exact) mass is 274 g/mol. The average Bonchev–Trinajstić information content (AvgIpc) is 2.47. The van der Waals surface area contributed by atoms with Crippen molar-refractivity contribution in [3.05, 3.63) is 33.1 Å². The van der Waals surface area contributed by atoms with E-state index in [0.29, 0.717) is 0 Å². The van der Waals surface area contributed by atoms with Gasteiger partial charge in [0.2, 0.25) is 0 Å². The van der Waals surface area contributed by atoms with Gasteiger partial charge in [-0.05, 0) is 13.8 Å². The number of hydrogen-bond donors (Lipinski definition) is 3. The summed E-state index contributed by atoms with van der Waals surface area (Å²) in [4.78, 5) is 24.6. The average molecular weight is 274 g/mol. The third-order valence-electron chi connectivity index (χ3n) is 3.64. The fourth-order valence-electron chi connectivity index (χ4n) is 2.14. The van der Waals surface area contributed by atoms with Gasteiger partial charge in [-0.15, -0.1) is 0 Å². The first-order chi connectivity index (χ1) is 8.71. The lowest BCUT2D eigenvalue weighted by Crippen LogP contribution is -2.52. The molecule has 0 saturated carbocycles. The summed E-state index contributed by atoms with van der Waals surface area (Å²) in [5, 5.41) is 19.2. The summed E-state index contributed by atoms with van der Waals surface area (Å²) in [5.41, 5.74) is -5.76. The van der Waals surface area contributed by atoms with Crippen LogP contribution in [-0.2, 0) is 4.74 Å². The largest absolute Gasteiger partial charge is 0.394 e. The Bertz CT molecular complexity index is 591. The molecule has 1 aromatic rings. The minimum Gasteiger partial charge on any atom is -0.394 e. The summed E-state index contributed by atoms with van der Waals surface area (Å²) in [6.07, 6.45) is -1.53. The molecule has 7 nitrogen and oxygen atoms in total. The third kappa shape index (κ3) is 1.92. The molecule has 1 aromatic heterocycles. The van der Waals surface area contributed by atoms with Crippen molar-refractivity contribution in [3.8, 4) is 0 Å². The van der Waals surface area contributed by atoms with E-state index in [4.69, 9.17) is 9.84 Å². The SMILES string of the molecule is CC1(F)C(n2ccc(=O)[nH]c2=O)OC(CO)[C@@]1(C)O. The van der Waals surface area contributed by atoms with Gasteiger partial charge in [-0.3, -0.25) is 14.3 Å². The standard InChI is InChI=1S/C11H15FN2O5/c1-10(12)8(19-6(5-15)11(10,2)18)14-4-3-7(16)13-9(14)17/h3-4,6,8,15,18H,5H2,1-2H3,(H,13,16,17)/t6?,8?,10?,11-/m1/s1. The van der Waals surface area contributed by atoms with E-state index >= 15 is 0 Å². The molecule has 2 rings (SSSR count). The second-order valence-corrected chi connectivity index (χ2v) is 4.90. The van der Waals surface area contributed by atoms with Crippen LogP contribution in [0.15, 0.2) is 21.9 Å². The highest BCUT2D eigenvalue weighted by Gasteiger charge is 2.63. The first kappa shape index (κ1) is 13.9. The van der Waals surface area contributed by atoms with E-state index in [1.807, 2.05) is 4.98 Å². The molecule has 19 heavy (non-hydrogen) atoms. The van der Waals surface area contributed by atoms with E-state index in [9.17, 15) is 19.1 Å². The Balaban J connectivity index is 2.52. The van der Waals surface area contributed by atoms with Crippen LogP contribution < -0.4 is 11.2 Å². The van der Waals surface area contributed by atoms with Gasteiger partial charge in [0.05, 0.1) is 6.61 Å². The summed E-state index contributed by atoms with van der Waals surface area (Å²) < 4.78 is 20.8. The number of aliphatic hydroxyl groups is 2. The number of aromatic amines is 1. The van der Waals surface area contributed by atoms with Gasteiger partial charge in [-0.25, -0.2) is 9.18 Å². The summed E-state index contributed by atoms with van der Waals surface area (Å²) in [7, 11) is 0. The zero-order valence-electron chi connectivity index (χ0n) is 10.5. The van der Waals surface area contributed by atoms with Gasteiger partial charge in [0.1, 0.15) is 11.7 Å². The van der Waals surface area contributed by atoms with Crippen molar-refractivity contribution in [3.63, 3.8) is 0 Å². The number of nitrogens with zero attached hydrogens (tertiary/aromatic N) is 1. The minimum atomic E-state index is -2.32. The predicted octanol–water partition coefficient (Wildman–Crippen LogP) is -1.09. The van der Waals surface area contributed by atoms with Crippen molar-refractivity contribution in [2.75, 3.05) is 6.61 Å². The van der Waals surface area contributed by atoms with Gasteiger partial charge < -0.3 is 14.9 Å². The smallest absolute Gasteiger partial charge is 0.330 e. The first-order valence-electron chi connectivity index (χ1n) is 5.71. The maximum absolute atomic E-state index is 14.7. The summed E-state index contributed by atoms with van der Waals surface area (Å²) in [6.45, 7) is 1.66. The van der Waals surface area contributed by atoms with E-state index in [-0.39, 0.29) is 0 Å². The van der Waals surface area contributed by atoms with Crippen LogP contribution in [0, 0.1) is 0 Å². The van der Waals surface area contributed by atoms with Crippen molar-refractivity contribution >= 4 is 0 Å². The predicted molar refractivity (Wildman–Crippen MR) is 62.5 cm³/mol. The number of ether oxygens (including phenoxy) is 1. The number of alkyl halides is 1. The molecular formula is C11H15FN2O5. The first-order valence-corrected chi connectivity index (χ1v) is 5.71. The summed E-state index contributed by atoms with van der Waals surface area (Å²) in [6, 6.07) is 1.04. The normalized spacial score (nSPS) is 38.6. The van der Waals surface area contributed by atoms with Gasteiger partial charge in [0, 0.05) is 12.3 Å². The molecular weight excluding hydrogens is 259 g/mol. The fraction of sp³-hybridized carbons (Fsp3) is 0.636. The molecule has 3 N–H and O–H groups in total. The van der Waals surface area contributed by atoms with E-state index in [1.165, 1.54) is 6.92 Å². The van der Waals surface area contributed by atoms with Crippen LogP contribution in [0.5, 0.6) is 0 Å². The lowest BCUT2D eigenvalue weighted by Gasteiger charge is -2.32. The van der Waals surface area contributed by atoms with Crippen LogP contribution in [0.4, 0.5) is 4.39 Å². The highest BCUT2D eigenvalue weighted by molar-refractivity contribution is 5.09. The zero-order valence-corrected chi connectivity index (χ0v) is 10.5. The third-order valence-corrected chi connectivity index (χ3v) is 3.64. The summed E-state index contributed by atoms with van der Waals surface area (Å²) in [5.74, 6) is 0. The molecule has 1 fully saturated rings. The van der Waals surface area contributed by atoms with Crippen LogP contribution in [0.25, 0.3) is 0 Å². The number of H-pyrrole nitrogens is 1. The number of aromatic nitrogens is 2. The van der Waals surface area contributed by atoms with Crippen LogP contribution in [0.1, 0.15) is 20.1 Å². The molecule has 0 bridgehead atoms. The molecule has 0 spiro atoms. The van der Waals surface area contributed by atoms with Crippen molar-refractivity contribution in [2.45, 2.75) is 37.4 Å². The van der Waals surface area contributed by atoms with Crippen molar-refractivity contribution < 1.29 is 19.3 Å². The quantitative estimate of drug-likeness (QED) is 0.635. The van der Waals surface area contributed by atoms with Crippen LogP contribution >= 0.6 is 0 Å². The molecule has 0 aliphatic carbocycles. The summed E-state index contributed by atoms with van der Waals surface area (Å²) >= 11 is 0. The van der Waals surface area contributed by atoms with Crippen molar-refractivity contribution in [1.82, 2.24) is 9.55 Å². The van der Waals surface area contributed by atoms with E-state index in [0.717, 1.165) is 23.8 Å². The van der Waals surface area contributed by atoms with E-state index in [1.54, 1.807) is 0 Å². The topological polar surface area (TPSA) is 105 Å². The lowest BCUT2D eigenvalue weighted by molar-refractivity contribution is -0.0892. The lowest BCUT2D eigenvalue weighted by atomic mass is 9.85. The maximum atomic E-state index is 14.7. The molecule has 2 heterocycles. The number of halogens is 1. The molecule has 4 atom stereocenters. The fourth-order valence-corrected chi connectivity index (χ4v) is 2.14. The van der Waals surface area contributed by atoms with E-state index in [2.05, 4.69) is 0 Å². The van der Waals surface area contributed by atoms with Crippen LogP contribution in [-0.4, -0.2) is 43.7 Å². The van der Waals surface area contributed by atoms with E-state index < -0.39 is 41.5 Å². The number of hydrogen-bond acceptors (Lipinski definition) is 5. The molecule has 0 aromatic carbocycles. The van der Waals surface area contributed by atoms with Crippen LogP contribution in [0.2, 0.25) is 0 Å². The molecule has 8 heteroatoms. The Labute approximate surface area is 107 Å². The van der Waals surface area contributed by atoms with Gasteiger partial charge >= 0.3 is 5.69 Å². The molecule has 3 unspecified atom stereocenters. The Hall–Kier alpha value is -1.51. The molecule has 1 saturated heterocycles. The molecule has 1 aliphatic heterocycles. The maximum Gasteiger partial charge on any atom is 0.330 e.